The summed E-state index contributed by atoms with van der Waals surface area (Å²) in [4.78, 5) is 12.2. The highest BCUT2D eigenvalue weighted by molar-refractivity contribution is 5.81. The van der Waals surface area contributed by atoms with E-state index in [0.29, 0.717) is 12.8 Å². The van der Waals surface area contributed by atoms with Crippen LogP contribution in [0.15, 0.2) is 42.5 Å². The van der Waals surface area contributed by atoms with Crippen LogP contribution in [0.3, 0.4) is 0 Å². The maximum atomic E-state index is 12.2. The van der Waals surface area contributed by atoms with Crippen LogP contribution in [0, 0.1) is 13.8 Å². The van der Waals surface area contributed by atoms with Gasteiger partial charge in [-0.25, -0.2) is 0 Å². The van der Waals surface area contributed by atoms with E-state index >= 15 is 0 Å². The number of aryl methyl sites for hydroxylation is 2. The molecule has 2 aromatic carbocycles. The van der Waals surface area contributed by atoms with Crippen molar-refractivity contribution in [2.24, 2.45) is 0 Å². The van der Waals surface area contributed by atoms with Crippen LogP contribution >= 0.6 is 0 Å². The molecule has 0 amide bonds. The molecular weight excluding hydrogens is 258 g/mol. The van der Waals surface area contributed by atoms with E-state index in [2.05, 4.69) is 32.9 Å². The van der Waals surface area contributed by atoms with E-state index in [1.165, 1.54) is 11.1 Å². The molecule has 0 aliphatic carbocycles. The molecule has 0 aliphatic rings. The molecule has 2 aromatic rings. The fraction of sp³-hybridized carbons (Fsp3) is 0.316. The Balaban J connectivity index is 1.97. The Hall–Kier alpha value is -2.09. The molecule has 0 spiro atoms. The average molecular weight is 281 g/mol. The van der Waals surface area contributed by atoms with Gasteiger partial charge in [0, 0.05) is 18.5 Å². The standard InChI is InChI=1S/C19H23NO/c1-13-4-5-16(10-14(13)2)12-19(21)11-15(3)17-6-8-18(20)9-7-17/h4-10,15H,11-12,20H2,1-3H3. The third-order valence-electron chi connectivity index (χ3n) is 4.01. The molecule has 2 N–H and O–H groups in total. The van der Waals surface area contributed by atoms with Crippen LogP contribution in [0.5, 0.6) is 0 Å². The van der Waals surface area contributed by atoms with Crippen molar-refractivity contribution < 1.29 is 4.79 Å². The number of nitrogen functional groups attached to an aromatic ring is 1. The first kappa shape index (κ1) is 15.3. The lowest BCUT2D eigenvalue weighted by Crippen LogP contribution is -2.08. The topological polar surface area (TPSA) is 43.1 Å². The van der Waals surface area contributed by atoms with Crippen LogP contribution in [-0.2, 0) is 11.2 Å². The molecule has 0 aliphatic heterocycles. The van der Waals surface area contributed by atoms with Crippen LogP contribution in [0.4, 0.5) is 5.69 Å². The van der Waals surface area contributed by atoms with Gasteiger partial charge in [0.15, 0.2) is 0 Å². The van der Waals surface area contributed by atoms with Crippen molar-refractivity contribution in [3.05, 3.63) is 64.7 Å². The second kappa shape index (κ2) is 6.57. The van der Waals surface area contributed by atoms with Gasteiger partial charge in [0.1, 0.15) is 5.78 Å². The van der Waals surface area contributed by atoms with Gasteiger partial charge in [0.05, 0.1) is 0 Å². The van der Waals surface area contributed by atoms with Crippen LogP contribution in [-0.4, -0.2) is 5.78 Å². The lowest BCUT2D eigenvalue weighted by molar-refractivity contribution is -0.118. The van der Waals surface area contributed by atoms with E-state index in [-0.39, 0.29) is 11.7 Å². The van der Waals surface area contributed by atoms with E-state index in [4.69, 9.17) is 5.73 Å². The molecule has 0 radical (unpaired) electrons. The number of benzene rings is 2. The zero-order chi connectivity index (χ0) is 15.4. The van der Waals surface area contributed by atoms with Gasteiger partial charge in [-0.1, -0.05) is 37.3 Å². The Morgan fingerprint density at radius 3 is 2.33 bits per heavy atom. The molecule has 0 heterocycles. The summed E-state index contributed by atoms with van der Waals surface area (Å²) in [7, 11) is 0. The normalized spacial score (nSPS) is 12.1. The summed E-state index contributed by atoms with van der Waals surface area (Å²) < 4.78 is 0. The van der Waals surface area contributed by atoms with Gasteiger partial charge in [-0.15, -0.1) is 0 Å². The number of rotatable bonds is 5. The lowest BCUT2D eigenvalue weighted by Gasteiger charge is -2.12. The number of carbonyl (C=O) groups excluding carboxylic acids is 1. The molecule has 110 valence electrons. The van der Waals surface area contributed by atoms with Crippen molar-refractivity contribution in [3.63, 3.8) is 0 Å². The molecule has 1 atom stereocenters. The molecular formula is C19H23NO. The van der Waals surface area contributed by atoms with Gasteiger partial charge in [-0.3, -0.25) is 4.79 Å². The molecule has 0 bridgehead atoms. The minimum Gasteiger partial charge on any atom is -0.399 e. The zero-order valence-electron chi connectivity index (χ0n) is 13.0. The highest BCUT2D eigenvalue weighted by atomic mass is 16.1. The lowest BCUT2D eigenvalue weighted by atomic mass is 9.93. The van der Waals surface area contributed by atoms with Crippen LogP contribution in [0.1, 0.15) is 41.5 Å². The van der Waals surface area contributed by atoms with Crippen LogP contribution in [0.2, 0.25) is 0 Å². The SMILES string of the molecule is Cc1ccc(CC(=O)CC(C)c2ccc(N)cc2)cc1C. The highest BCUT2D eigenvalue weighted by Crippen LogP contribution is 2.21. The molecule has 2 nitrogen and oxygen atoms in total. The third-order valence-corrected chi connectivity index (χ3v) is 4.01. The molecule has 0 fully saturated rings. The van der Waals surface area contributed by atoms with Gasteiger partial charge in [0.2, 0.25) is 0 Å². The number of anilines is 1. The predicted molar refractivity (Wildman–Crippen MR) is 88.5 cm³/mol. The van der Waals surface area contributed by atoms with E-state index in [0.717, 1.165) is 16.8 Å². The number of Topliss-reactive ketones (excluding diaryl/α,β-unsaturated/α-hetero) is 1. The Kier molecular flexibility index (Phi) is 4.79. The summed E-state index contributed by atoms with van der Waals surface area (Å²) in [5, 5.41) is 0. The molecule has 2 rings (SSSR count). The minimum absolute atomic E-state index is 0.227. The first-order valence-electron chi connectivity index (χ1n) is 7.39. The van der Waals surface area contributed by atoms with Gasteiger partial charge in [-0.2, -0.15) is 0 Å². The van der Waals surface area contributed by atoms with E-state index in [9.17, 15) is 4.79 Å². The summed E-state index contributed by atoms with van der Waals surface area (Å²) >= 11 is 0. The molecule has 0 saturated heterocycles. The average Bonchev–Trinajstić information content (AvgIpc) is 2.43. The molecule has 0 aromatic heterocycles. The Morgan fingerprint density at radius 2 is 1.71 bits per heavy atom. The van der Waals surface area contributed by atoms with Crippen molar-refractivity contribution in [2.75, 3.05) is 5.73 Å². The summed E-state index contributed by atoms with van der Waals surface area (Å²) in [6.07, 6.45) is 1.08. The number of ketones is 1. The number of hydrogen-bond donors (Lipinski definition) is 1. The first-order chi connectivity index (χ1) is 9.95. The van der Waals surface area contributed by atoms with Crippen molar-refractivity contribution in [1.29, 1.82) is 0 Å². The van der Waals surface area contributed by atoms with Crippen molar-refractivity contribution in [1.82, 2.24) is 0 Å². The summed E-state index contributed by atoms with van der Waals surface area (Å²) in [6, 6.07) is 14.0. The second-order valence-electron chi connectivity index (χ2n) is 5.91. The molecule has 21 heavy (non-hydrogen) atoms. The largest absolute Gasteiger partial charge is 0.399 e. The van der Waals surface area contributed by atoms with Crippen molar-refractivity contribution in [3.8, 4) is 0 Å². The number of hydrogen-bond acceptors (Lipinski definition) is 2. The smallest absolute Gasteiger partial charge is 0.137 e. The van der Waals surface area contributed by atoms with Gasteiger partial charge in [-0.05, 0) is 54.2 Å². The first-order valence-corrected chi connectivity index (χ1v) is 7.39. The van der Waals surface area contributed by atoms with Crippen molar-refractivity contribution >= 4 is 11.5 Å². The maximum absolute atomic E-state index is 12.2. The predicted octanol–water partition coefficient (Wildman–Crippen LogP) is 4.19. The van der Waals surface area contributed by atoms with E-state index < -0.39 is 0 Å². The summed E-state index contributed by atoms with van der Waals surface area (Å²) in [6.45, 7) is 6.26. The van der Waals surface area contributed by atoms with E-state index in [1.807, 2.05) is 30.3 Å². The Bertz CT molecular complexity index is 629. The van der Waals surface area contributed by atoms with Crippen LogP contribution < -0.4 is 5.73 Å². The highest BCUT2D eigenvalue weighted by Gasteiger charge is 2.12. The fourth-order valence-corrected chi connectivity index (χ4v) is 2.50. The second-order valence-corrected chi connectivity index (χ2v) is 5.91. The van der Waals surface area contributed by atoms with E-state index in [1.54, 1.807) is 0 Å². The van der Waals surface area contributed by atoms with Gasteiger partial charge in [0.25, 0.3) is 0 Å². The quantitative estimate of drug-likeness (QED) is 0.835. The van der Waals surface area contributed by atoms with Gasteiger partial charge < -0.3 is 5.73 Å². The third kappa shape index (κ3) is 4.19. The van der Waals surface area contributed by atoms with Crippen LogP contribution in [0.25, 0.3) is 0 Å². The summed E-state index contributed by atoms with van der Waals surface area (Å²) in [5.74, 6) is 0.507. The number of carbonyl (C=O) groups is 1. The monoisotopic (exact) mass is 281 g/mol. The molecule has 1 unspecified atom stereocenters. The Morgan fingerprint density at radius 1 is 1.05 bits per heavy atom. The number of nitrogens with two attached hydrogens (primary N) is 1. The molecule has 2 heteroatoms. The zero-order valence-corrected chi connectivity index (χ0v) is 13.0. The minimum atomic E-state index is 0.227. The van der Waals surface area contributed by atoms with Crippen molar-refractivity contribution in [2.45, 2.75) is 39.5 Å². The van der Waals surface area contributed by atoms with Gasteiger partial charge >= 0.3 is 0 Å². The molecule has 0 saturated carbocycles. The fourth-order valence-electron chi connectivity index (χ4n) is 2.50. The summed E-state index contributed by atoms with van der Waals surface area (Å²) in [5.41, 5.74) is 11.2. The Labute approximate surface area is 127 Å². The maximum Gasteiger partial charge on any atom is 0.137 e.